The van der Waals surface area contributed by atoms with E-state index in [0.29, 0.717) is 25.6 Å². The number of thiazole rings is 1. The van der Waals surface area contributed by atoms with Gasteiger partial charge in [0.05, 0.1) is 35.4 Å². The summed E-state index contributed by atoms with van der Waals surface area (Å²) in [5, 5.41) is 5.66. The summed E-state index contributed by atoms with van der Waals surface area (Å²) in [5.74, 6) is -1.27. The Kier molecular flexibility index (Phi) is 15.0. The third kappa shape index (κ3) is 11.4. The van der Waals surface area contributed by atoms with Crippen molar-refractivity contribution in [1.82, 2.24) is 20.5 Å². The van der Waals surface area contributed by atoms with Crippen molar-refractivity contribution in [2.45, 2.75) is 116 Å². The summed E-state index contributed by atoms with van der Waals surface area (Å²) in [5.41, 5.74) is 1.83. The maximum atomic E-state index is 14.6. The minimum Gasteiger partial charge on any atom is -0.493 e. The largest absolute Gasteiger partial charge is 0.493 e. The maximum absolute atomic E-state index is 14.6. The van der Waals surface area contributed by atoms with Gasteiger partial charge in [0.2, 0.25) is 11.8 Å². The number of hydrogen-bond acceptors (Lipinski definition) is 10. The molecule has 3 atom stereocenters. The first kappa shape index (κ1) is 41.1. The predicted octanol–water partition coefficient (Wildman–Crippen LogP) is 5.29. The molecule has 288 valence electrons. The molecule has 1 aromatic carbocycles. The number of likely N-dealkylation sites (tertiary alicyclic amines) is 1. The molecular weight excluding hydrogens is 692 g/mol. The van der Waals surface area contributed by atoms with Crippen LogP contribution >= 0.6 is 11.3 Å². The topological polar surface area (TPSA) is 145 Å². The van der Waals surface area contributed by atoms with Crippen LogP contribution in [0.1, 0.15) is 90.3 Å². The fraction of sp³-hybridized carbons (Fsp3) is 0.658. The third-order valence-corrected chi connectivity index (χ3v) is 10.4. The van der Waals surface area contributed by atoms with Crippen molar-refractivity contribution in [2.24, 2.45) is 5.41 Å². The molecule has 14 heteroatoms. The highest BCUT2D eigenvalue weighted by atomic mass is 32.1. The third-order valence-electron chi connectivity index (χ3n) is 9.41. The van der Waals surface area contributed by atoms with Crippen molar-refractivity contribution in [2.75, 3.05) is 40.1 Å². The molecular formula is C38H55FN4O8S. The molecule has 1 aliphatic carbocycles. The Morgan fingerprint density at radius 2 is 1.81 bits per heavy atom. The summed E-state index contributed by atoms with van der Waals surface area (Å²) in [6.45, 7) is 10.8. The van der Waals surface area contributed by atoms with E-state index in [-0.39, 0.29) is 56.9 Å². The molecule has 1 aromatic heterocycles. The molecule has 1 saturated carbocycles. The summed E-state index contributed by atoms with van der Waals surface area (Å²) < 4.78 is 36.7. The predicted molar refractivity (Wildman–Crippen MR) is 196 cm³/mol. The van der Waals surface area contributed by atoms with Crippen molar-refractivity contribution in [3.05, 3.63) is 35.0 Å². The Bertz CT molecular complexity index is 1520. The number of carbonyl (C=O) groups excluding carboxylic acids is 4. The van der Waals surface area contributed by atoms with E-state index in [0.717, 1.165) is 53.8 Å². The summed E-state index contributed by atoms with van der Waals surface area (Å²) in [4.78, 5) is 58.7. The number of benzene rings is 1. The molecule has 1 saturated heterocycles. The van der Waals surface area contributed by atoms with E-state index >= 15 is 0 Å². The molecule has 2 aliphatic rings. The Hall–Kier alpha value is -3.62. The van der Waals surface area contributed by atoms with E-state index in [1.54, 1.807) is 44.5 Å². The number of ether oxygens (including phenoxy) is 4. The number of halogens is 1. The second-order valence-corrected chi connectivity index (χ2v) is 15.5. The molecule has 52 heavy (non-hydrogen) atoms. The average molecular weight is 747 g/mol. The number of nitrogens with zero attached hydrogens (tertiary/aromatic N) is 2. The van der Waals surface area contributed by atoms with E-state index in [2.05, 4.69) is 15.6 Å². The monoisotopic (exact) mass is 746 g/mol. The highest BCUT2D eigenvalue weighted by molar-refractivity contribution is 7.13. The van der Waals surface area contributed by atoms with E-state index in [4.69, 9.17) is 18.9 Å². The van der Waals surface area contributed by atoms with Crippen LogP contribution in [-0.4, -0.2) is 97.5 Å². The van der Waals surface area contributed by atoms with Gasteiger partial charge in [-0.2, -0.15) is 0 Å². The fourth-order valence-corrected chi connectivity index (χ4v) is 6.91. The molecule has 0 radical (unpaired) electrons. The van der Waals surface area contributed by atoms with Crippen molar-refractivity contribution < 1.29 is 42.5 Å². The van der Waals surface area contributed by atoms with Crippen LogP contribution in [0.5, 0.6) is 5.75 Å². The van der Waals surface area contributed by atoms with Crippen LogP contribution < -0.4 is 15.4 Å². The van der Waals surface area contributed by atoms with Crippen LogP contribution in [0, 0.1) is 12.3 Å². The number of rotatable bonds is 20. The summed E-state index contributed by atoms with van der Waals surface area (Å²) in [6.07, 6.45) is 4.83. The van der Waals surface area contributed by atoms with Gasteiger partial charge in [-0.25, -0.2) is 14.2 Å². The fourth-order valence-electron chi connectivity index (χ4n) is 6.10. The van der Waals surface area contributed by atoms with Crippen LogP contribution in [0.2, 0.25) is 0 Å². The number of esters is 1. The van der Waals surface area contributed by atoms with Crippen LogP contribution in [0.4, 0.5) is 4.39 Å². The van der Waals surface area contributed by atoms with E-state index in [9.17, 15) is 23.6 Å². The van der Waals surface area contributed by atoms with Crippen LogP contribution in [0.25, 0.3) is 10.4 Å². The first-order valence-electron chi connectivity index (χ1n) is 18.3. The smallest absolute Gasteiger partial charge is 0.332 e. The molecule has 0 unspecified atom stereocenters. The number of amides is 3. The van der Waals surface area contributed by atoms with Crippen molar-refractivity contribution in [3.8, 4) is 16.2 Å². The Morgan fingerprint density at radius 3 is 2.44 bits per heavy atom. The lowest BCUT2D eigenvalue weighted by molar-refractivity contribution is -0.148. The zero-order valence-corrected chi connectivity index (χ0v) is 32.2. The average Bonchev–Trinajstić information content (AvgIpc) is 3.49. The lowest BCUT2D eigenvalue weighted by Gasteiger charge is -2.35. The SMILES string of the molecule is CCOC(=O)COCCCCCCCOc1cc(-c2scnc2C)ccc1CNC(=O)[C@@H]1C[C@@H](OC)CN1C(=O)[C@@H](NC(=O)C1(F)CC1)C(C)(C)C. The van der Waals surface area contributed by atoms with Gasteiger partial charge in [-0.05, 0) is 56.6 Å². The molecule has 1 aliphatic heterocycles. The maximum Gasteiger partial charge on any atom is 0.332 e. The van der Waals surface area contributed by atoms with Crippen molar-refractivity contribution in [1.29, 1.82) is 0 Å². The summed E-state index contributed by atoms with van der Waals surface area (Å²) in [6, 6.07) is 4.04. The Balaban J connectivity index is 1.37. The van der Waals surface area contributed by atoms with E-state index in [1.807, 2.05) is 25.1 Å². The lowest BCUT2D eigenvalue weighted by Crippen LogP contribution is -2.59. The highest BCUT2D eigenvalue weighted by Gasteiger charge is 2.53. The second kappa shape index (κ2) is 18.9. The zero-order chi connectivity index (χ0) is 37.9. The van der Waals surface area contributed by atoms with Gasteiger partial charge in [0.15, 0.2) is 5.67 Å². The van der Waals surface area contributed by atoms with Gasteiger partial charge >= 0.3 is 5.97 Å². The number of alkyl halides is 1. The molecule has 2 N–H and O–H groups in total. The first-order chi connectivity index (χ1) is 24.8. The highest BCUT2D eigenvalue weighted by Crippen LogP contribution is 2.40. The second-order valence-electron chi connectivity index (χ2n) is 14.6. The minimum atomic E-state index is -1.93. The standard InChI is InChI=1S/C38H55FN4O8S/c1-7-50-31(44)23-49-17-11-9-8-10-12-18-51-30-19-26(32-25(2)41-24-52-32)13-14-27(30)21-40-34(45)29-20-28(48-6)22-43(29)35(46)33(37(3,4)5)42-36(47)38(39)15-16-38/h13-14,19,24,28-29,33H,7-12,15-18,20-23H2,1-6H3,(H,40,45)(H,42,47)/t28-,29+,33-/m1/s1. The van der Waals surface area contributed by atoms with Gasteiger partial charge < -0.3 is 34.5 Å². The van der Waals surface area contributed by atoms with Gasteiger partial charge in [-0.3, -0.25) is 14.4 Å². The van der Waals surface area contributed by atoms with Crippen molar-refractivity contribution in [3.63, 3.8) is 0 Å². The number of aromatic nitrogens is 1. The van der Waals surface area contributed by atoms with Gasteiger partial charge in [0.1, 0.15) is 24.4 Å². The molecule has 12 nitrogen and oxygen atoms in total. The number of aryl methyl sites for hydroxylation is 1. The van der Waals surface area contributed by atoms with Crippen LogP contribution in [0.3, 0.4) is 0 Å². The number of methoxy groups -OCH3 is 1. The minimum absolute atomic E-state index is 0.0191. The first-order valence-corrected chi connectivity index (χ1v) is 19.2. The lowest BCUT2D eigenvalue weighted by atomic mass is 9.85. The number of nitrogens with one attached hydrogen (secondary N) is 2. The number of carbonyl (C=O) groups is 4. The molecule has 3 amide bonds. The van der Waals surface area contributed by atoms with E-state index in [1.165, 1.54) is 12.0 Å². The van der Waals surface area contributed by atoms with Crippen LogP contribution in [-0.2, 0) is 39.9 Å². The van der Waals surface area contributed by atoms with Crippen molar-refractivity contribution >= 4 is 35.0 Å². The quantitative estimate of drug-likeness (QED) is 0.136. The molecule has 2 fully saturated rings. The van der Waals surface area contributed by atoms with E-state index < -0.39 is 35.0 Å². The molecule has 0 spiro atoms. The van der Waals surface area contributed by atoms with Crippen LogP contribution in [0.15, 0.2) is 23.7 Å². The number of unbranched alkanes of at least 4 members (excludes halogenated alkanes) is 4. The normalized spacial score (nSPS) is 18.5. The molecule has 2 heterocycles. The molecule has 0 bridgehead atoms. The Morgan fingerprint density at radius 1 is 1.10 bits per heavy atom. The van der Waals surface area contributed by atoms with Gasteiger partial charge in [-0.1, -0.05) is 52.2 Å². The Labute approximate surface area is 310 Å². The summed E-state index contributed by atoms with van der Waals surface area (Å²) >= 11 is 1.55. The zero-order valence-electron chi connectivity index (χ0n) is 31.4. The molecule has 2 aromatic rings. The molecule has 4 rings (SSSR count). The van der Waals surface area contributed by atoms with Gasteiger partial charge in [0.25, 0.3) is 5.91 Å². The number of hydrogen-bond donors (Lipinski definition) is 2. The summed E-state index contributed by atoms with van der Waals surface area (Å²) in [7, 11) is 1.54. The van der Waals surface area contributed by atoms with Gasteiger partial charge in [0, 0.05) is 38.8 Å². The van der Waals surface area contributed by atoms with Gasteiger partial charge in [-0.15, -0.1) is 11.3 Å².